The van der Waals surface area contributed by atoms with Crippen LogP contribution in [0.3, 0.4) is 0 Å². The zero-order valence-corrected chi connectivity index (χ0v) is 12.0. The monoisotopic (exact) mass is 277 g/mol. The second-order valence-electron chi connectivity index (χ2n) is 5.59. The summed E-state index contributed by atoms with van der Waals surface area (Å²) in [6.07, 6.45) is 4.14. The first-order valence-corrected chi connectivity index (χ1v) is 7.34. The number of rotatable bonds is 3. The van der Waals surface area contributed by atoms with Crippen molar-refractivity contribution in [1.29, 1.82) is 5.26 Å². The Bertz CT molecular complexity index is 465. The molecule has 3 heteroatoms. The van der Waals surface area contributed by atoms with Crippen LogP contribution in [0.15, 0.2) is 24.3 Å². The molecule has 1 N–H and O–H groups in total. The Morgan fingerprint density at radius 2 is 2.16 bits per heavy atom. The summed E-state index contributed by atoms with van der Waals surface area (Å²) in [5.41, 5.74) is 0.162. The van der Waals surface area contributed by atoms with Crippen molar-refractivity contribution in [2.24, 2.45) is 11.3 Å². The molecule has 3 atom stereocenters. The van der Waals surface area contributed by atoms with Crippen LogP contribution in [0.2, 0.25) is 5.02 Å². The molecule has 102 valence electrons. The fourth-order valence-electron chi connectivity index (χ4n) is 3.15. The number of halogens is 1. The van der Waals surface area contributed by atoms with Gasteiger partial charge in [0.15, 0.2) is 0 Å². The molecule has 1 saturated carbocycles. The molecule has 2 rings (SSSR count). The van der Waals surface area contributed by atoms with E-state index in [4.69, 9.17) is 11.6 Å². The Labute approximate surface area is 120 Å². The zero-order chi connectivity index (χ0) is 13.9. The van der Waals surface area contributed by atoms with Crippen molar-refractivity contribution in [3.05, 3.63) is 34.9 Å². The number of nitriles is 1. The summed E-state index contributed by atoms with van der Waals surface area (Å²) < 4.78 is 0. The van der Waals surface area contributed by atoms with Gasteiger partial charge in [-0.3, -0.25) is 0 Å². The number of hydrogen-bond acceptors (Lipinski definition) is 2. The van der Waals surface area contributed by atoms with Crippen LogP contribution in [0.25, 0.3) is 0 Å². The number of hydrogen-bond donors (Lipinski definition) is 1. The lowest BCUT2D eigenvalue weighted by molar-refractivity contribution is 0.0185. The quantitative estimate of drug-likeness (QED) is 0.885. The van der Waals surface area contributed by atoms with Crippen LogP contribution >= 0.6 is 11.6 Å². The summed E-state index contributed by atoms with van der Waals surface area (Å²) in [6, 6.07) is 9.59. The molecule has 2 nitrogen and oxygen atoms in total. The molecule has 0 amide bonds. The molecule has 0 aliphatic heterocycles. The number of aliphatic hydroxyl groups excluding tert-OH is 1. The third-order valence-electron chi connectivity index (χ3n) is 4.40. The molecule has 1 aliphatic rings. The lowest BCUT2D eigenvalue weighted by atomic mass is 9.65. The van der Waals surface area contributed by atoms with Crippen LogP contribution in [0.1, 0.15) is 50.7 Å². The Balaban J connectivity index is 2.25. The maximum absolute atomic E-state index is 10.6. The van der Waals surface area contributed by atoms with Gasteiger partial charge < -0.3 is 5.11 Å². The molecule has 0 aromatic heterocycles. The molecule has 0 radical (unpaired) electrons. The van der Waals surface area contributed by atoms with Crippen LogP contribution in [0.4, 0.5) is 0 Å². The van der Waals surface area contributed by atoms with E-state index >= 15 is 0 Å². The first kappa shape index (κ1) is 14.4. The minimum atomic E-state index is -0.718. The van der Waals surface area contributed by atoms with Crippen LogP contribution < -0.4 is 0 Å². The summed E-state index contributed by atoms with van der Waals surface area (Å²) in [7, 11) is 0. The van der Waals surface area contributed by atoms with Crippen LogP contribution in [-0.2, 0) is 0 Å². The Hall–Kier alpha value is -1.04. The van der Waals surface area contributed by atoms with Gasteiger partial charge in [0.25, 0.3) is 0 Å². The standard InChI is InChI=1S/C16H20ClNO/c1-2-12-4-3-9-16(10-12,11-18)15(19)13-5-7-14(17)8-6-13/h5-8,12,15,19H,2-4,9-10H2,1H3. The normalized spacial score (nSPS) is 28.6. The van der Waals surface area contributed by atoms with Crippen LogP contribution in [0, 0.1) is 22.7 Å². The number of aliphatic hydroxyl groups is 1. The highest BCUT2D eigenvalue weighted by molar-refractivity contribution is 6.30. The second kappa shape index (κ2) is 5.94. The summed E-state index contributed by atoms with van der Waals surface area (Å²) in [6.45, 7) is 2.16. The van der Waals surface area contributed by atoms with E-state index in [2.05, 4.69) is 13.0 Å². The van der Waals surface area contributed by atoms with Gasteiger partial charge in [-0.15, -0.1) is 0 Å². The first-order valence-electron chi connectivity index (χ1n) is 6.96. The van der Waals surface area contributed by atoms with Gasteiger partial charge in [-0.1, -0.05) is 49.9 Å². The number of benzene rings is 1. The molecule has 1 fully saturated rings. The average Bonchev–Trinajstić information content (AvgIpc) is 2.47. The van der Waals surface area contributed by atoms with Crippen molar-refractivity contribution in [1.82, 2.24) is 0 Å². The van der Waals surface area contributed by atoms with Crippen molar-refractivity contribution in [2.75, 3.05) is 0 Å². The molecule has 0 saturated heterocycles. The fraction of sp³-hybridized carbons (Fsp3) is 0.562. The van der Waals surface area contributed by atoms with Gasteiger partial charge in [-0.2, -0.15) is 5.26 Å². The van der Waals surface area contributed by atoms with Crippen molar-refractivity contribution in [2.45, 2.75) is 45.1 Å². The maximum atomic E-state index is 10.6. The topological polar surface area (TPSA) is 44.0 Å². The third kappa shape index (κ3) is 2.94. The van der Waals surface area contributed by atoms with Crippen molar-refractivity contribution in [3.8, 4) is 6.07 Å². The second-order valence-corrected chi connectivity index (χ2v) is 6.03. The van der Waals surface area contributed by atoms with Crippen molar-refractivity contribution < 1.29 is 5.11 Å². The van der Waals surface area contributed by atoms with Gasteiger partial charge in [-0.05, 0) is 36.5 Å². The van der Waals surface area contributed by atoms with E-state index < -0.39 is 11.5 Å². The van der Waals surface area contributed by atoms with Gasteiger partial charge in [0.05, 0.1) is 17.6 Å². The minimum Gasteiger partial charge on any atom is -0.387 e. The van der Waals surface area contributed by atoms with E-state index in [0.29, 0.717) is 10.9 Å². The zero-order valence-electron chi connectivity index (χ0n) is 11.3. The fourth-order valence-corrected chi connectivity index (χ4v) is 3.28. The van der Waals surface area contributed by atoms with Gasteiger partial charge in [0.2, 0.25) is 0 Å². The van der Waals surface area contributed by atoms with Gasteiger partial charge in [0, 0.05) is 5.02 Å². The lowest BCUT2D eigenvalue weighted by Gasteiger charge is -2.39. The molecule has 19 heavy (non-hydrogen) atoms. The third-order valence-corrected chi connectivity index (χ3v) is 4.65. The Morgan fingerprint density at radius 3 is 2.74 bits per heavy atom. The average molecular weight is 278 g/mol. The molecule has 0 heterocycles. The molecule has 0 bridgehead atoms. The SMILES string of the molecule is CCC1CCCC(C#N)(C(O)c2ccc(Cl)cc2)C1. The van der Waals surface area contributed by atoms with E-state index in [1.165, 1.54) is 6.42 Å². The van der Waals surface area contributed by atoms with E-state index in [-0.39, 0.29) is 0 Å². The molecular weight excluding hydrogens is 258 g/mol. The van der Waals surface area contributed by atoms with E-state index in [1.807, 2.05) is 12.1 Å². The summed E-state index contributed by atoms with van der Waals surface area (Å²) in [5.74, 6) is 0.551. The summed E-state index contributed by atoms with van der Waals surface area (Å²) in [4.78, 5) is 0. The predicted octanol–water partition coefficient (Wildman–Crippen LogP) is 4.48. The van der Waals surface area contributed by atoms with Crippen molar-refractivity contribution >= 4 is 11.6 Å². The van der Waals surface area contributed by atoms with Gasteiger partial charge in [0.1, 0.15) is 0 Å². The van der Waals surface area contributed by atoms with Gasteiger partial charge >= 0.3 is 0 Å². The minimum absolute atomic E-state index is 0.551. The highest BCUT2D eigenvalue weighted by Crippen LogP contribution is 2.48. The summed E-state index contributed by atoms with van der Waals surface area (Å²) in [5, 5.41) is 20.9. The first-order chi connectivity index (χ1) is 9.11. The predicted molar refractivity (Wildman–Crippen MR) is 76.7 cm³/mol. The Morgan fingerprint density at radius 1 is 1.47 bits per heavy atom. The molecular formula is C16H20ClNO. The smallest absolute Gasteiger partial charge is 0.0976 e. The highest BCUT2D eigenvalue weighted by Gasteiger charge is 2.42. The van der Waals surface area contributed by atoms with E-state index in [0.717, 1.165) is 31.2 Å². The van der Waals surface area contributed by atoms with Gasteiger partial charge in [-0.25, -0.2) is 0 Å². The van der Waals surface area contributed by atoms with Crippen molar-refractivity contribution in [3.63, 3.8) is 0 Å². The highest BCUT2D eigenvalue weighted by atomic mass is 35.5. The lowest BCUT2D eigenvalue weighted by Crippen LogP contribution is -2.33. The molecule has 1 aliphatic carbocycles. The molecule has 1 aromatic rings. The largest absolute Gasteiger partial charge is 0.387 e. The van der Waals surface area contributed by atoms with E-state index in [9.17, 15) is 10.4 Å². The molecule has 3 unspecified atom stereocenters. The van der Waals surface area contributed by atoms with Crippen LogP contribution in [-0.4, -0.2) is 5.11 Å². The van der Waals surface area contributed by atoms with E-state index in [1.54, 1.807) is 12.1 Å². The summed E-state index contributed by atoms with van der Waals surface area (Å²) >= 11 is 5.87. The maximum Gasteiger partial charge on any atom is 0.0976 e. The van der Waals surface area contributed by atoms with Crippen LogP contribution in [0.5, 0.6) is 0 Å². The Kier molecular flexibility index (Phi) is 4.50. The molecule has 1 aromatic carbocycles. The number of nitrogens with zero attached hydrogens (tertiary/aromatic N) is 1. The molecule has 0 spiro atoms.